The Labute approximate surface area is 42.7 Å². The molecule has 0 saturated carbocycles. The van der Waals surface area contributed by atoms with Gasteiger partial charge in [0.15, 0.2) is 0 Å². The Morgan fingerprint density at radius 3 is 2.71 bits per heavy atom. The van der Waals surface area contributed by atoms with Gasteiger partial charge >= 0.3 is 0 Å². The van der Waals surface area contributed by atoms with Crippen LogP contribution >= 0.6 is 0 Å². The molecule has 0 aromatic carbocycles. The Kier molecular flexibility index (Phi) is 2.78. The first-order valence-corrected chi connectivity index (χ1v) is 2.09. The highest BCUT2D eigenvalue weighted by molar-refractivity contribution is 5.05. The van der Waals surface area contributed by atoms with E-state index < -0.39 is 0 Å². The van der Waals surface area contributed by atoms with E-state index in [1.807, 2.05) is 0 Å². The molecule has 2 heteroatoms. The highest BCUT2D eigenvalue weighted by atomic mass is 16.3. The molecule has 0 aliphatic heterocycles. The zero-order valence-electron chi connectivity index (χ0n) is 4.18. The van der Waals surface area contributed by atoms with Crippen LogP contribution in [-0.2, 0) is 0 Å². The molecule has 0 aliphatic rings. The van der Waals surface area contributed by atoms with Gasteiger partial charge in [-0.15, -0.1) is 0 Å². The molecule has 0 aliphatic carbocycles. The minimum Gasteiger partial charge on any atom is -0.512 e. The molecule has 7 heavy (non-hydrogen) atoms. The van der Waals surface area contributed by atoms with Gasteiger partial charge in [-0.1, -0.05) is 6.92 Å². The van der Waals surface area contributed by atoms with Crippen molar-refractivity contribution < 1.29 is 5.11 Å². The van der Waals surface area contributed by atoms with E-state index in [0.29, 0.717) is 6.42 Å². The van der Waals surface area contributed by atoms with Crippen molar-refractivity contribution in [1.82, 2.24) is 0 Å². The maximum Gasteiger partial charge on any atom is 0.102 e. The molecule has 0 radical (unpaired) electrons. The van der Waals surface area contributed by atoms with Gasteiger partial charge in [-0.3, -0.25) is 0 Å². The normalized spacial score (nSPS) is 10.6. The average molecular weight is 97.1 g/mol. The SMILES string of the molecule is CC/C(O)=C\C#N. The molecule has 0 aromatic rings. The Morgan fingerprint density at radius 2 is 2.57 bits per heavy atom. The van der Waals surface area contributed by atoms with Crippen molar-refractivity contribution in [3.05, 3.63) is 11.8 Å². The van der Waals surface area contributed by atoms with Crippen LogP contribution in [0.15, 0.2) is 11.8 Å². The number of rotatable bonds is 1. The second-order valence-electron chi connectivity index (χ2n) is 1.12. The third kappa shape index (κ3) is 2.84. The van der Waals surface area contributed by atoms with Crippen molar-refractivity contribution in [3.8, 4) is 6.07 Å². The summed E-state index contributed by atoms with van der Waals surface area (Å²) in [6.45, 7) is 1.78. The minimum absolute atomic E-state index is 0.141. The van der Waals surface area contributed by atoms with Gasteiger partial charge in [0, 0.05) is 6.42 Å². The lowest BCUT2D eigenvalue weighted by Gasteiger charge is -1.83. The molecule has 2 nitrogen and oxygen atoms in total. The number of hydrogen-bond donors (Lipinski definition) is 1. The van der Waals surface area contributed by atoms with Crippen LogP contribution in [0.3, 0.4) is 0 Å². The molecule has 0 unspecified atom stereocenters. The zero-order valence-corrected chi connectivity index (χ0v) is 4.18. The van der Waals surface area contributed by atoms with Crippen LogP contribution in [0.1, 0.15) is 13.3 Å². The molecule has 0 heterocycles. The summed E-state index contributed by atoms with van der Waals surface area (Å²) in [5.41, 5.74) is 0. The molecule has 0 bridgehead atoms. The molecule has 0 amide bonds. The van der Waals surface area contributed by atoms with Crippen molar-refractivity contribution in [1.29, 1.82) is 5.26 Å². The fraction of sp³-hybridized carbons (Fsp3) is 0.400. The average Bonchev–Trinajstić information content (AvgIpc) is 1.68. The summed E-state index contributed by atoms with van der Waals surface area (Å²) in [5, 5.41) is 16.4. The van der Waals surface area contributed by atoms with Crippen LogP contribution in [0.4, 0.5) is 0 Å². The summed E-state index contributed by atoms with van der Waals surface area (Å²) < 4.78 is 0. The van der Waals surface area contributed by atoms with Crippen molar-refractivity contribution >= 4 is 0 Å². The van der Waals surface area contributed by atoms with E-state index in [2.05, 4.69) is 0 Å². The van der Waals surface area contributed by atoms with Crippen molar-refractivity contribution in [2.45, 2.75) is 13.3 Å². The van der Waals surface area contributed by atoms with E-state index in [9.17, 15) is 0 Å². The molecule has 0 spiro atoms. The number of aliphatic hydroxyl groups is 1. The molecule has 0 rings (SSSR count). The van der Waals surface area contributed by atoms with E-state index >= 15 is 0 Å². The lowest BCUT2D eigenvalue weighted by molar-refractivity contribution is 0.395. The fourth-order valence-corrected chi connectivity index (χ4v) is 0.177. The monoisotopic (exact) mass is 97.1 g/mol. The first-order valence-electron chi connectivity index (χ1n) is 2.09. The van der Waals surface area contributed by atoms with E-state index in [-0.39, 0.29) is 5.76 Å². The predicted molar refractivity (Wildman–Crippen MR) is 26.6 cm³/mol. The highest BCUT2D eigenvalue weighted by Gasteiger charge is 1.80. The molecule has 1 N–H and O–H groups in total. The Hall–Kier alpha value is -0.970. The van der Waals surface area contributed by atoms with Gasteiger partial charge in [0.2, 0.25) is 0 Å². The van der Waals surface area contributed by atoms with Crippen molar-refractivity contribution in [2.75, 3.05) is 0 Å². The van der Waals surface area contributed by atoms with Crippen LogP contribution in [0.25, 0.3) is 0 Å². The first-order chi connectivity index (χ1) is 3.31. The van der Waals surface area contributed by atoms with Gasteiger partial charge < -0.3 is 5.11 Å². The number of nitrogens with zero attached hydrogens (tertiary/aromatic N) is 1. The van der Waals surface area contributed by atoms with Gasteiger partial charge in [-0.2, -0.15) is 5.26 Å². The smallest absolute Gasteiger partial charge is 0.102 e. The van der Waals surface area contributed by atoms with Crippen LogP contribution in [0.5, 0.6) is 0 Å². The second-order valence-corrected chi connectivity index (χ2v) is 1.12. The minimum atomic E-state index is 0.141. The first kappa shape index (κ1) is 6.03. The summed E-state index contributed by atoms with van der Waals surface area (Å²) in [7, 11) is 0. The van der Waals surface area contributed by atoms with Gasteiger partial charge in [-0.25, -0.2) is 0 Å². The Morgan fingerprint density at radius 1 is 2.00 bits per heavy atom. The number of nitriles is 1. The molecular formula is C5H7NO. The summed E-state index contributed by atoms with van der Waals surface area (Å²) in [6, 6.07) is 1.71. The van der Waals surface area contributed by atoms with Crippen molar-refractivity contribution in [2.24, 2.45) is 0 Å². The summed E-state index contributed by atoms with van der Waals surface area (Å²) in [5.74, 6) is 0.141. The quantitative estimate of drug-likeness (QED) is 0.396. The van der Waals surface area contributed by atoms with Crippen LogP contribution in [0.2, 0.25) is 0 Å². The number of allylic oxidation sites excluding steroid dienone is 2. The summed E-state index contributed by atoms with van der Waals surface area (Å²) in [6.07, 6.45) is 1.66. The molecule has 0 atom stereocenters. The molecular weight excluding hydrogens is 90.1 g/mol. The lowest BCUT2D eigenvalue weighted by atomic mass is 10.4. The third-order valence-electron chi connectivity index (χ3n) is 0.593. The van der Waals surface area contributed by atoms with Gasteiger partial charge in [0.25, 0.3) is 0 Å². The molecule has 38 valence electrons. The lowest BCUT2D eigenvalue weighted by Crippen LogP contribution is -1.71. The van der Waals surface area contributed by atoms with E-state index in [0.717, 1.165) is 6.08 Å². The Balaban J connectivity index is 3.56. The predicted octanol–water partition coefficient (Wildman–Crippen LogP) is 1.36. The van der Waals surface area contributed by atoms with Gasteiger partial charge in [0.1, 0.15) is 5.76 Å². The summed E-state index contributed by atoms with van der Waals surface area (Å²) in [4.78, 5) is 0. The van der Waals surface area contributed by atoms with Crippen LogP contribution in [-0.4, -0.2) is 5.11 Å². The highest BCUT2D eigenvalue weighted by Crippen LogP contribution is 1.90. The molecule has 0 aromatic heterocycles. The molecule has 0 fully saturated rings. The maximum atomic E-state index is 8.50. The maximum absolute atomic E-state index is 8.50. The number of hydrogen-bond acceptors (Lipinski definition) is 2. The Bertz CT molecular complexity index is 110. The van der Waals surface area contributed by atoms with Crippen molar-refractivity contribution in [3.63, 3.8) is 0 Å². The van der Waals surface area contributed by atoms with Crippen LogP contribution in [0, 0.1) is 11.3 Å². The zero-order chi connectivity index (χ0) is 5.70. The second kappa shape index (κ2) is 3.23. The largest absolute Gasteiger partial charge is 0.512 e. The van der Waals surface area contributed by atoms with E-state index in [1.165, 1.54) is 0 Å². The number of aliphatic hydroxyl groups excluding tert-OH is 1. The summed E-state index contributed by atoms with van der Waals surface area (Å²) >= 11 is 0. The topological polar surface area (TPSA) is 44.0 Å². The molecule has 0 saturated heterocycles. The van der Waals surface area contributed by atoms with E-state index in [4.69, 9.17) is 10.4 Å². The third-order valence-corrected chi connectivity index (χ3v) is 0.593. The van der Waals surface area contributed by atoms with Gasteiger partial charge in [0.05, 0.1) is 12.1 Å². The fourth-order valence-electron chi connectivity index (χ4n) is 0.177. The van der Waals surface area contributed by atoms with Gasteiger partial charge in [-0.05, 0) is 0 Å². The standard InChI is InChI=1S/C5H7NO/c1-2-5(7)3-4-6/h3,7H,2H2,1H3/b5-3+. The van der Waals surface area contributed by atoms with E-state index in [1.54, 1.807) is 13.0 Å². The van der Waals surface area contributed by atoms with Crippen LogP contribution < -0.4 is 0 Å².